The minimum Gasteiger partial charge on any atom is -0.454 e. The van der Waals surface area contributed by atoms with Crippen molar-refractivity contribution >= 4 is 65.6 Å². The molecule has 4 heterocycles. The predicted molar refractivity (Wildman–Crippen MR) is 262 cm³/mol. The van der Waals surface area contributed by atoms with Gasteiger partial charge in [-0.15, -0.1) is 0 Å². The molecule has 0 N–H and O–H groups in total. The van der Waals surface area contributed by atoms with E-state index in [9.17, 15) is 0 Å². The molecule has 0 aliphatic rings. The Bertz CT molecular complexity index is 3890. The van der Waals surface area contributed by atoms with Crippen LogP contribution in [0, 0.1) is 6.92 Å². The fourth-order valence-electron chi connectivity index (χ4n) is 9.93. The Balaban J connectivity index is 1.20. The van der Waals surface area contributed by atoms with E-state index in [0.29, 0.717) is 17.5 Å². The molecule has 4 aromatic heterocycles. The number of hydrogen-bond acceptors (Lipinski definition) is 4. The fourth-order valence-corrected chi connectivity index (χ4v) is 9.93. The van der Waals surface area contributed by atoms with Gasteiger partial charge in [0.15, 0.2) is 23.1 Å². The molecule has 0 saturated carbocycles. The number of aromatic nitrogens is 5. The van der Waals surface area contributed by atoms with Gasteiger partial charge in [-0.05, 0) is 66.1 Å². The van der Waals surface area contributed by atoms with Crippen molar-refractivity contribution in [2.24, 2.45) is 0 Å². The molecule has 0 spiro atoms. The first-order chi connectivity index (χ1) is 31.7. The second kappa shape index (κ2) is 14.2. The topological polar surface area (TPSA) is 61.7 Å². The molecule has 64 heavy (non-hydrogen) atoms. The van der Waals surface area contributed by atoms with Gasteiger partial charge in [0.25, 0.3) is 0 Å². The second-order valence-electron chi connectivity index (χ2n) is 16.4. The van der Waals surface area contributed by atoms with Crippen LogP contribution in [0.2, 0.25) is 0 Å². The molecule has 0 radical (unpaired) electrons. The summed E-state index contributed by atoms with van der Waals surface area (Å²) in [6, 6.07) is 72.4. The molecule has 9 aromatic carbocycles. The first kappa shape index (κ1) is 36.1. The number of nitrogens with zero attached hydrogens (tertiary/aromatic N) is 5. The van der Waals surface area contributed by atoms with Crippen LogP contribution in [0.15, 0.2) is 211 Å². The lowest BCUT2D eigenvalue weighted by Crippen LogP contribution is -2.03. The van der Waals surface area contributed by atoms with Crippen LogP contribution >= 0.6 is 0 Å². The summed E-state index contributed by atoms with van der Waals surface area (Å²) in [6.07, 6.45) is 0. The van der Waals surface area contributed by atoms with Crippen molar-refractivity contribution in [3.05, 3.63) is 212 Å². The SMILES string of the molecule is Cc1cc(-n2c3ccccc3c3cc(-c4ccccc4)c4c5ccccc5n(-c5ccccc5)c4c32)c2oc3ccccc3c2c1-c1nc(-c2ccccc2)nc(-c2ccccc2)n1. The van der Waals surface area contributed by atoms with E-state index < -0.39 is 0 Å². The second-order valence-corrected chi connectivity index (χ2v) is 16.4. The molecule has 0 saturated heterocycles. The molecule has 13 rings (SSSR count). The predicted octanol–water partition coefficient (Wildman–Crippen LogP) is 14.9. The highest BCUT2D eigenvalue weighted by Gasteiger charge is 2.28. The van der Waals surface area contributed by atoms with Crippen molar-refractivity contribution in [1.29, 1.82) is 0 Å². The van der Waals surface area contributed by atoms with E-state index in [1.54, 1.807) is 0 Å². The van der Waals surface area contributed by atoms with Gasteiger partial charge in [0.1, 0.15) is 5.58 Å². The molecule has 13 aromatic rings. The van der Waals surface area contributed by atoms with Gasteiger partial charge in [0.2, 0.25) is 0 Å². The van der Waals surface area contributed by atoms with Crippen LogP contribution in [-0.4, -0.2) is 24.1 Å². The summed E-state index contributed by atoms with van der Waals surface area (Å²) in [6.45, 7) is 2.17. The van der Waals surface area contributed by atoms with Crippen molar-refractivity contribution in [3.63, 3.8) is 0 Å². The molecular formula is C58H37N5O. The average Bonchev–Trinajstić information content (AvgIpc) is 4.03. The molecule has 0 aliphatic heterocycles. The summed E-state index contributed by atoms with van der Waals surface area (Å²) in [4.78, 5) is 15.6. The van der Waals surface area contributed by atoms with Crippen molar-refractivity contribution in [3.8, 4) is 56.7 Å². The largest absolute Gasteiger partial charge is 0.454 e. The first-order valence-electron chi connectivity index (χ1n) is 21.6. The van der Waals surface area contributed by atoms with Gasteiger partial charge in [-0.2, -0.15) is 0 Å². The van der Waals surface area contributed by atoms with E-state index in [1.807, 2.05) is 66.7 Å². The maximum Gasteiger partial charge on any atom is 0.165 e. The minimum atomic E-state index is 0.592. The Kier molecular flexibility index (Phi) is 8.02. The number of benzene rings is 9. The number of rotatable bonds is 6. The lowest BCUT2D eigenvalue weighted by atomic mass is 9.96. The number of hydrogen-bond donors (Lipinski definition) is 0. The van der Waals surface area contributed by atoms with Crippen LogP contribution in [0.1, 0.15) is 5.56 Å². The third kappa shape index (κ3) is 5.42. The lowest BCUT2D eigenvalue weighted by molar-refractivity contribution is 0.666. The Morgan fingerprint density at radius 3 is 1.58 bits per heavy atom. The third-order valence-corrected chi connectivity index (χ3v) is 12.7. The van der Waals surface area contributed by atoms with Crippen LogP contribution in [0.5, 0.6) is 0 Å². The summed E-state index contributed by atoms with van der Waals surface area (Å²) in [5, 5.41) is 6.66. The number of furan rings is 1. The smallest absolute Gasteiger partial charge is 0.165 e. The maximum atomic E-state index is 7.13. The standard InChI is InChI=1S/C58H37N5O/c1-36-34-48(55-52(43-30-16-19-33-49(43)64-55)50(36)58-60-56(38-22-8-3-9-23-38)59-57(61-58)39-24-10-4-11-25-39)63-46-31-17-14-28-41(46)45-35-44(37-20-6-2-7-21-37)51-42-29-15-18-32-47(42)62(54(51)53(45)63)40-26-12-5-13-27-40/h2-35H,1H3. The summed E-state index contributed by atoms with van der Waals surface area (Å²) in [7, 11) is 0. The summed E-state index contributed by atoms with van der Waals surface area (Å²) in [5.74, 6) is 1.82. The summed E-state index contributed by atoms with van der Waals surface area (Å²) in [5.41, 5.74) is 14.2. The van der Waals surface area contributed by atoms with Gasteiger partial charge < -0.3 is 13.6 Å². The van der Waals surface area contributed by atoms with E-state index in [2.05, 4.69) is 156 Å². The monoisotopic (exact) mass is 819 g/mol. The summed E-state index contributed by atoms with van der Waals surface area (Å²) < 4.78 is 12.0. The molecule has 6 heteroatoms. The number of fused-ring (bicyclic) bond motifs is 10. The van der Waals surface area contributed by atoms with Gasteiger partial charge in [-0.1, -0.05) is 164 Å². The molecule has 300 valence electrons. The Morgan fingerprint density at radius 2 is 0.922 bits per heavy atom. The quantitative estimate of drug-likeness (QED) is 0.168. The van der Waals surface area contributed by atoms with Gasteiger partial charge in [-0.25, -0.2) is 15.0 Å². The molecule has 0 fully saturated rings. The Hall–Kier alpha value is -8.61. The van der Waals surface area contributed by atoms with Crippen LogP contribution in [0.25, 0.3) is 122 Å². The highest BCUT2D eigenvalue weighted by Crippen LogP contribution is 2.49. The van der Waals surface area contributed by atoms with Crippen LogP contribution < -0.4 is 0 Å². The molecule has 0 amide bonds. The van der Waals surface area contributed by atoms with Gasteiger partial charge in [-0.3, -0.25) is 0 Å². The molecule has 0 unspecified atom stereocenters. The van der Waals surface area contributed by atoms with Gasteiger partial charge >= 0.3 is 0 Å². The van der Waals surface area contributed by atoms with E-state index >= 15 is 0 Å². The Morgan fingerprint density at radius 1 is 0.406 bits per heavy atom. The minimum absolute atomic E-state index is 0.592. The van der Waals surface area contributed by atoms with Crippen LogP contribution in [0.3, 0.4) is 0 Å². The third-order valence-electron chi connectivity index (χ3n) is 12.7. The highest BCUT2D eigenvalue weighted by atomic mass is 16.3. The van der Waals surface area contributed by atoms with Crippen LogP contribution in [0.4, 0.5) is 0 Å². The molecule has 0 bridgehead atoms. The Labute approximate surface area is 368 Å². The van der Waals surface area contributed by atoms with E-state index in [4.69, 9.17) is 19.4 Å². The molecule has 0 atom stereocenters. The highest BCUT2D eigenvalue weighted by molar-refractivity contribution is 6.28. The lowest BCUT2D eigenvalue weighted by Gasteiger charge is -2.17. The summed E-state index contributed by atoms with van der Waals surface area (Å²) >= 11 is 0. The maximum absolute atomic E-state index is 7.13. The molecule has 6 nitrogen and oxygen atoms in total. The first-order valence-corrected chi connectivity index (χ1v) is 21.6. The van der Waals surface area contributed by atoms with Crippen molar-refractivity contribution in [2.75, 3.05) is 0 Å². The van der Waals surface area contributed by atoms with Crippen molar-refractivity contribution in [1.82, 2.24) is 24.1 Å². The van der Waals surface area contributed by atoms with E-state index in [0.717, 1.165) is 88.4 Å². The fraction of sp³-hybridized carbons (Fsp3) is 0.0172. The van der Waals surface area contributed by atoms with E-state index in [1.165, 1.54) is 21.9 Å². The molecule has 0 aliphatic carbocycles. The molecular weight excluding hydrogens is 783 g/mol. The van der Waals surface area contributed by atoms with Gasteiger partial charge in [0, 0.05) is 54.7 Å². The van der Waals surface area contributed by atoms with Crippen molar-refractivity contribution in [2.45, 2.75) is 6.92 Å². The normalized spacial score (nSPS) is 11.8. The average molecular weight is 820 g/mol. The zero-order chi connectivity index (χ0) is 42.3. The van der Waals surface area contributed by atoms with Crippen LogP contribution in [-0.2, 0) is 0 Å². The van der Waals surface area contributed by atoms with Crippen molar-refractivity contribution < 1.29 is 4.42 Å². The zero-order valence-electron chi connectivity index (χ0n) is 34.8. The van der Waals surface area contributed by atoms with E-state index in [-0.39, 0.29) is 0 Å². The number of para-hydroxylation sites is 4. The van der Waals surface area contributed by atoms with Gasteiger partial charge in [0.05, 0.1) is 27.8 Å². The number of aryl methyl sites for hydroxylation is 1. The zero-order valence-corrected chi connectivity index (χ0v) is 34.8.